The minimum atomic E-state index is -2.85. The number of hydrogen-bond acceptors (Lipinski definition) is 3. The number of benzene rings is 6. The van der Waals surface area contributed by atoms with Gasteiger partial charge in [-0.15, -0.1) is 29.3 Å². The van der Waals surface area contributed by atoms with E-state index in [4.69, 9.17) is 23.7 Å². The first-order valence-electron chi connectivity index (χ1n) is 27.9. The Morgan fingerprint density at radius 3 is 1.88 bits per heavy atom. The van der Waals surface area contributed by atoms with E-state index in [2.05, 4.69) is 100 Å². The third kappa shape index (κ3) is 10.0. The second-order valence-electron chi connectivity index (χ2n) is 21.4. The maximum Gasteiger partial charge on any atom is 0.148 e. The molecule has 1 N–H and O–H groups in total. The van der Waals surface area contributed by atoms with E-state index in [1.54, 1.807) is 18.2 Å². The van der Waals surface area contributed by atoms with Crippen molar-refractivity contribution in [3.8, 4) is 67.5 Å². The Morgan fingerprint density at radius 2 is 1.27 bits per heavy atom. The fraction of sp³-hybridized carbons (Fsp3) is 0.323. The number of rotatable bonds is 8. The monoisotopic (exact) mass is 1080 g/mol. The van der Waals surface area contributed by atoms with Crippen LogP contribution in [0.1, 0.15) is 154 Å². The van der Waals surface area contributed by atoms with Gasteiger partial charge in [0.25, 0.3) is 0 Å². The van der Waals surface area contributed by atoms with Crippen molar-refractivity contribution in [2.45, 2.75) is 132 Å². The zero-order valence-corrected chi connectivity index (χ0v) is 43.3. The van der Waals surface area contributed by atoms with Crippen molar-refractivity contribution in [3.05, 3.63) is 166 Å². The average molecular weight is 1080 g/mol. The summed E-state index contributed by atoms with van der Waals surface area (Å²) >= 11 is 0. The number of aryl methyl sites for hydroxylation is 1. The summed E-state index contributed by atoms with van der Waals surface area (Å²) in [5.74, 6) is 0.449. The van der Waals surface area contributed by atoms with Crippen molar-refractivity contribution in [2.24, 2.45) is 0 Å². The van der Waals surface area contributed by atoms with Gasteiger partial charge in [-0.25, -0.2) is 4.98 Å². The van der Waals surface area contributed by atoms with E-state index in [0.717, 1.165) is 38.9 Å². The first-order chi connectivity index (χ1) is 35.1. The molecule has 0 aliphatic heterocycles. The molecule has 0 fully saturated rings. The number of phenols is 1. The fourth-order valence-electron chi connectivity index (χ4n) is 8.41. The number of aromatic nitrogens is 3. The Labute approximate surface area is 429 Å². The molecule has 0 bridgehead atoms. The van der Waals surface area contributed by atoms with E-state index < -0.39 is 48.9 Å². The maximum absolute atomic E-state index is 12.4. The number of aromatic hydroxyl groups is 1. The summed E-state index contributed by atoms with van der Waals surface area (Å²) in [4.78, 5) is 10.2. The predicted octanol–water partition coefficient (Wildman–Crippen LogP) is 17.0. The average Bonchev–Trinajstić information content (AvgIpc) is 3.72. The molecule has 0 unspecified atom stereocenters. The van der Waals surface area contributed by atoms with Crippen LogP contribution in [0.15, 0.2) is 121 Å². The van der Waals surface area contributed by atoms with Crippen molar-refractivity contribution in [1.29, 1.82) is 0 Å². The number of hydrogen-bond donors (Lipinski definition) is 1. The summed E-state index contributed by atoms with van der Waals surface area (Å²) in [5, 5.41) is 12.4. The second kappa shape index (κ2) is 18.5. The van der Waals surface area contributed by atoms with Gasteiger partial charge in [0.05, 0.1) is 27.8 Å². The van der Waals surface area contributed by atoms with Crippen molar-refractivity contribution in [1.82, 2.24) is 14.5 Å². The predicted molar refractivity (Wildman–Crippen MR) is 280 cm³/mol. The molecule has 0 saturated heterocycles. The number of para-hydroxylation sites is 1. The Bertz CT molecular complexity index is 3530. The molecule has 0 spiro atoms. The molecule has 8 rings (SSSR count). The number of imidazole rings is 1. The summed E-state index contributed by atoms with van der Waals surface area (Å²) < 4.78 is 88.0. The van der Waals surface area contributed by atoms with E-state index in [1.165, 1.54) is 6.20 Å². The quantitative estimate of drug-likeness (QED) is 0.154. The van der Waals surface area contributed by atoms with E-state index in [-0.39, 0.29) is 60.6 Å². The molecule has 2 aromatic heterocycles. The standard InChI is InChI=1S/C62H68N3O.Pt/c1-37(2)44-33-52(38(3)4)58(66)53(34-44)59-64-57-51(46-28-47(32-48(31-46)60(7,8)9)54-35-43(25-26-63-54)41-21-19-39(5)20-22-41)17-16-18-56(57)65(59)55-24-23-42(27-40(55)6)45-29-49(61(10,11)12)36-50(30-45)62(13,14)15;/h16-27,29-38,66H,1-15H3;/q-1;/i5D3,6D3,19D,20D,21D,22D;. The molecular formula is C62H68N3OPt-. The van der Waals surface area contributed by atoms with E-state index in [0.29, 0.717) is 56.1 Å². The van der Waals surface area contributed by atoms with Crippen LogP contribution in [0.4, 0.5) is 0 Å². The Kier molecular flexibility index (Phi) is 10.3. The molecule has 0 aliphatic carbocycles. The number of nitrogens with zero attached hydrogens (tertiary/aromatic N) is 3. The van der Waals surface area contributed by atoms with Gasteiger partial charge in [0.15, 0.2) is 0 Å². The number of phenolic OH excluding ortho intramolecular Hbond substituents is 1. The molecule has 8 aromatic rings. The molecule has 0 radical (unpaired) electrons. The third-order valence-corrected chi connectivity index (χ3v) is 12.6. The van der Waals surface area contributed by atoms with E-state index >= 15 is 0 Å². The van der Waals surface area contributed by atoms with Crippen molar-refractivity contribution >= 4 is 11.0 Å². The van der Waals surface area contributed by atoms with Crippen LogP contribution in [-0.4, -0.2) is 19.6 Å². The third-order valence-electron chi connectivity index (χ3n) is 12.6. The van der Waals surface area contributed by atoms with Crippen molar-refractivity contribution < 1.29 is 39.9 Å². The molecular weight excluding hydrogens is 998 g/mol. The second-order valence-corrected chi connectivity index (χ2v) is 21.4. The molecule has 0 amide bonds. The smallest absolute Gasteiger partial charge is 0.148 e. The molecule has 67 heavy (non-hydrogen) atoms. The molecule has 2 heterocycles. The van der Waals surface area contributed by atoms with Crippen LogP contribution in [-0.2, 0) is 37.3 Å². The van der Waals surface area contributed by atoms with Crippen molar-refractivity contribution in [2.75, 3.05) is 0 Å². The topological polar surface area (TPSA) is 50.9 Å². The van der Waals surface area contributed by atoms with Crippen LogP contribution < -0.4 is 0 Å². The van der Waals surface area contributed by atoms with Crippen LogP contribution in [0.2, 0.25) is 0 Å². The van der Waals surface area contributed by atoms with Gasteiger partial charge < -0.3 is 5.11 Å². The van der Waals surface area contributed by atoms with Gasteiger partial charge in [0.2, 0.25) is 0 Å². The Hall–Kier alpha value is -5.57. The molecule has 4 nitrogen and oxygen atoms in total. The van der Waals surface area contributed by atoms with Gasteiger partial charge in [-0.1, -0.05) is 179 Å². The Balaban J connectivity index is 0.00000861. The zero-order chi connectivity index (χ0) is 56.1. The van der Waals surface area contributed by atoms with Gasteiger partial charge in [-0.05, 0) is 122 Å². The maximum atomic E-state index is 12.4. The van der Waals surface area contributed by atoms with Gasteiger partial charge in [-0.2, -0.15) is 0 Å². The molecule has 348 valence electrons. The molecule has 5 heteroatoms. The molecule has 0 atom stereocenters. The number of pyridine rings is 1. The van der Waals surface area contributed by atoms with Crippen molar-refractivity contribution in [3.63, 3.8) is 0 Å². The SMILES string of the molecule is [2H]c1c([2H])c(C([2H])([2H])[2H])c([2H])c([2H])c1-c1ccnc(-c2[c-]c(-c3cccc4c3nc(-c3cc(C(C)C)cc(C(C)C)c3O)n4-c3ccc(-c4cc(C(C)(C)C)cc(C(C)(C)C)c4)cc3C([2H])([2H])[2H])cc(C(C)(C)C)c2)c1.[Pt]. The number of fused-ring (bicyclic) bond motifs is 1. The van der Waals surface area contributed by atoms with E-state index in [9.17, 15) is 5.11 Å². The first kappa shape index (κ1) is 37.4. The van der Waals surface area contributed by atoms with Crippen LogP contribution in [0.5, 0.6) is 5.75 Å². The van der Waals surface area contributed by atoms with Gasteiger partial charge in [0.1, 0.15) is 11.6 Å². The normalized spacial score (nSPS) is 14.9. The van der Waals surface area contributed by atoms with Gasteiger partial charge >= 0.3 is 0 Å². The summed E-state index contributed by atoms with van der Waals surface area (Å²) in [6.07, 6.45) is 1.52. The zero-order valence-electron chi connectivity index (χ0n) is 51.0. The first-order valence-corrected chi connectivity index (χ1v) is 22.9. The van der Waals surface area contributed by atoms with Crippen LogP contribution in [0, 0.1) is 19.8 Å². The van der Waals surface area contributed by atoms with Gasteiger partial charge in [-0.3, -0.25) is 9.55 Å². The summed E-state index contributed by atoms with van der Waals surface area (Å²) in [6.45, 7) is 22.1. The Morgan fingerprint density at radius 1 is 0.627 bits per heavy atom. The summed E-state index contributed by atoms with van der Waals surface area (Å²) in [7, 11) is 0. The molecule has 6 aromatic carbocycles. The van der Waals surface area contributed by atoms with Crippen LogP contribution >= 0.6 is 0 Å². The van der Waals surface area contributed by atoms with Crippen LogP contribution in [0.3, 0.4) is 0 Å². The fourth-order valence-corrected chi connectivity index (χ4v) is 8.41. The summed E-state index contributed by atoms with van der Waals surface area (Å²) in [6, 6.07) is 30.6. The molecule has 0 saturated carbocycles. The van der Waals surface area contributed by atoms with E-state index in [1.807, 2.05) is 73.0 Å². The summed E-state index contributed by atoms with van der Waals surface area (Å²) in [5.41, 5.74) is 9.85. The minimum absolute atomic E-state index is 0. The van der Waals surface area contributed by atoms with Crippen LogP contribution in [0.25, 0.3) is 72.7 Å². The molecule has 0 aliphatic rings. The van der Waals surface area contributed by atoms with Gasteiger partial charge in [0, 0.05) is 41.2 Å². The largest absolute Gasteiger partial charge is 0.507 e. The minimum Gasteiger partial charge on any atom is -0.507 e.